The summed E-state index contributed by atoms with van der Waals surface area (Å²) in [5.74, 6) is 0.798. The van der Waals surface area contributed by atoms with Crippen LogP contribution in [0.5, 0.6) is 0 Å². The second-order valence-corrected chi connectivity index (χ2v) is 5.33. The van der Waals surface area contributed by atoms with Gasteiger partial charge in [-0.05, 0) is 18.9 Å². The molecule has 0 aliphatic heterocycles. The first-order valence-corrected chi connectivity index (χ1v) is 7.52. The lowest BCUT2D eigenvalue weighted by molar-refractivity contribution is -0.123. The van der Waals surface area contributed by atoms with Crippen molar-refractivity contribution in [3.05, 3.63) is 47.6 Å². The Balaban J connectivity index is 0.00000264. The molecule has 0 saturated carbocycles. The fourth-order valence-corrected chi connectivity index (χ4v) is 2.11. The van der Waals surface area contributed by atoms with Gasteiger partial charge in [-0.15, -0.1) is 12.4 Å². The normalized spacial score (nSPS) is 13.0. The van der Waals surface area contributed by atoms with E-state index in [0.29, 0.717) is 24.6 Å². The number of aromatic nitrogens is 2. The number of hydrogen-bond acceptors (Lipinski definition) is 5. The maximum Gasteiger partial charge on any atom is 0.237 e. The molecule has 23 heavy (non-hydrogen) atoms. The summed E-state index contributed by atoms with van der Waals surface area (Å²) in [5, 5.41) is 6.74. The molecule has 0 spiro atoms. The van der Waals surface area contributed by atoms with Gasteiger partial charge < -0.3 is 15.6 Å². The molecule has 2 rings (SSSR count). The molecule has 1 heterocycles. The highest BCUT2D eigenvalue weighted by Crippen LogP contribution is 2.12. The van der Waals surface area contributed by atoms with E-state index in [1.165, 1.54) is 0 Å². The van der Waals surface area contributed by atoms with Gasteiger partial charge in [0.1, 0.15) is 0 Å². The smallest absolute Gasteiger partial charge is 0.237 e. The number of hydrogen-bond donors (Lipinski definition) is 2. The summed E-state index contributed by atoms with van der Waals surface area (Å²) in [7, 11) is 0. The third-order valence-corrected chi connectivity index (χ3v) is 3.36. The van der Waals surface area contributed by atoms with Gasteiger partial charge in [0.2, 0.25) is 11.8 Å². The zero-order chi connectivity index (χ0) is 15.9. The lowest BCUT2D eigenvalue weighted by Crippen LogP contribution is -2.41. The van der Waals surface area contributed by atoms with Crippen LogP contribution in [0.3, 0.4) is 0 Å². The molecular weight excluding hydrogens is 316 g/mol. The Bertz CT molecular complexity index is 603. The monoisotopic (exact) mass is 338 g/mol. The number of nitrogens with one attached hydrogen (secondary N) is 1. The summed E-state index contributed by atoms with van der Waals surface area (Å²) in [4.78, 5) is 16.2. The first-order chi connectivity index (χ1) is 10.6. The van der Waals surface area contributed by atoms with Gasteiger partial charge in [0.25, 0.3) is 0 Å². The number of carbonyl (C=O) groups excluding carboxylic acids is 1. The highest BCUT2D eigenvalue weighted by molar-refractivity contribution is 5.85. The number of nitrogens with two attached hydrogens (primary N) is 1. The fraction of sp³-hybridized carbons (Fsp3) is 0.438. The van der Waals surface area contributed by atoms with Gasteiger partial charge in [-0.2, -0.15) is 4.98 Å². The van der Waals surface area contributed by atoms with Crippen LogP contribution in [0.1, 0.15) is 50.0 Å². The minimum Gasteiger partial charge on any atom is -0.345 e. The highest BCUT2D eigenvalue weighted by atomic mass is 35.5. The SMILES string of the molecule is CCCC(N)C(=O)NC(C)c1noc(Cc2ccccc2)n1.Cl. The molecule has 3 N–H and O–H groups in total. The molecule has 1 aromatic carbocycles. The average Bonchev–Trinajstić information content (AvgIpc) is 2.97. The summed E-state index contributed by atoms with van der Waals surface area (Å²) in [5.41, 5.74) is 6.88. The van der Waals surface area contributed by atoms with Crippen molar-refractivity contribution in [3.63, 3.8) is 0 Å². The molecule has 2 aromatic rings. The number of nitrogens with zero attached hydrogens (tertiary/aromatic N) is 2. The van der Waals surface area contributed by atoms with Crippen molar-refractivity contribution in [2.45, 2.75) is 45.2 Å². The Morgan fingerprint density at radius 2 is 2.04 bits per heavy atom. The van der Waals surface area contributed by atoms with E-state index < -0.39 is 6.04 Å². The molecular formula is C16H23ClN4O2. The van der Waals surface area contributed by atoms with Crippen LogP contribution < -0.4 is 11.1 Å². The Morgan fingerprint density at radius 1 is 1.35 bits per heavy atom. The van der Waals surface area contributed by atoms with Crippen LogP contribution in [-0.4, -0.2) is 22.1 Å². The van der Waals surface area contributed by atoms with E-state index in [0.717, 1.165) is 12.0 Å². The Kier molecular flexibility index (Phi) is 7.71. The topological polar surface area (TPSA) is 94.0 Å². The Morgan fingerprint density at radius 3 is 2.70 bits per heavy atom. The zero-order valence-corrected chi connectivity index (χ0v) is 14.2. The van der Waals surface area contributed by atoms with Gasteiger partial charge in [0, 0.05) is 0 Å². The maximum absolute atomic E-state index is 11.9. The summed E-state index contributed by atoms with van der Waals surface area (Å²) in [6.07, 6.45) is 2.10. The quantitative estimate of drug-likeness (QED) is 0.808. The highest BCUT2D eigenvalue weighted by Gasteiger charge is 2.19. The number of benzene rings is 1. The molecule has 0 aliphatic rings. The minimum absolute atomic E-state index is 0. The first-order valence-electron chi connectivity index (χ1n) is 7.52. The van der Waals surface area contributed by atoms with Crippen molar-refractivity contribution in [2.24, 2.45) is 5.73 Å². The lowest BCUT2D eigenvalue weighted by Gasteiger charge is -2.14. The van der Waals surface area contributed by atoms with Gasteiger partial charge in [-0.1, -0.05) is 48.8 Å². The largest absolute Gasteiger partial charge is 0.345 e. The van der Waals surface area contributed by atoms with E-state index in [-0.39, 0.29) is 24.4 Å². The van der Waals surface area contributed by atoms with Crippen LogP contribution in [-0.2, 0) is 11.2 Å². The van der Waals surface area contributed by atoms with Gasteiger partial charge in [0.05, 0.1) is 18.5 Å². The first kappa shape index (κ1) is 19.1. The molecule has 0 radical (unpaired) electrons. The van der Waals surface area contributed by atoms with Crippen molar-refractivity contribution in [2.75, 3.05) is 0 Å². The van der Waals surface area contributed by atoms with Gasteiger partial charge in [-0.3, -0.25) is 4.79 Å². The van der Waals surface area contributed by atoms with Crippen LogP contribution in [0.15, 0.2) is 34.9 Å². The van der Waals surface area contributed by atoms with Crippen LogP contribution in [0.2, 0.25) is 0 Å². The second-order valence-electron chi connectivity index (χ2n) is 5.33. The lowest BCUT2D eigenvalue weighted by atomic mass is 10.1. The van der Waals surface area contributed by atoms with Gasteiger partial charge >= 0.3 is 0 Å². The second kappa shape index (κ2) is 9.27. The molecule has 1 amide bonds. The van der Waals surface area contributed by atoms with Gasteiger partial charge in [0.15, 0.2) is 5.82 Å². The van der Waals surface area contributed by atoms with E-state index in [1.54, 1.807) is 0 Å². The standard InChI is InChI=1S/C16H22N4O2.ClH/c1-3-7-13(17)16(21)18-11(2)15-19-14(22-20-15)10-12-8-5-4-6-9-12;/h4-6,8-9,11,13H,3,7,10,17H2,1-2H3,(H,18,21);1H. The zero-order valence-electron chi connectivity index (χ0n) is 13.4. The molecule has 0 aliphatic carbocycles. The molecule has 2 unspecified atom stereocenters. The number of rotatable bonds is 7. The van der Waals surface area contributed by atoms with Gasteiger partial charge in [-0.25, -0.2) is 0 Å². The number of amides is 1. The van der Waals surface area contributed by atoms with Crippen molar-refractivity contribution >= 4 is 18.3 Å². The number of carbonyl (C=O) groups is 1. The molecule has 2 atom stereocenters. The molecule has 6 nitrogen and oxygen atoms in total. The molecule has 0 saturated heterocycles. The Labute approximate surface area is 142 Å². The predicted octanol–water partition coefficient (Wildman–Crippen LogP) is 2.39. The Hall–Kier alpha value is -1.92. The fourth-order valence-electron chi connectivity index (χ4n) is 2.11. The summed E-state index contributed by atoms with van der Waals surface area (Å²) in [6.45, 7) is 3.80. The summed E-state index contributed by atoms with van der Waals surface area (Å²) >= 11 is 0. The maximum atomic E-state index is 11.9. The van der Waals surface area contributed by atoms with Crippen molar-refractivity contribution < 1.29 is 9.32 Å². The van der Waals surface area contributed by atoms with Crippen molar-refractivity contribution in [1.82, 2.24) is 15.5 Å². The minimum atomic E-state index is -0.497. The van der Waals surface area contributed by atoms with E-state index in [2.05, 4.69) is 15.5 Å². The van der Waals surface area contributed by atoms with Crippen LogP contribution >= 0.6 is 12.4 Å². The summed E-state index contributed by atoms with van der Waals surface area (Å²) in [6, 6.07) is 9.05. The third kappa shape index (κ3) is 5.65. The molecule has 0 bridgehead atoms. The predicted molar refractivity (Wildman–Crippen MR) is 90.2 cm³/mol. The molecule has 7 heteroatoms. The molecule has 0 fully saturated rings. The van der Waals surface area contributed by atoms with E-state index in [1.807, 2.05) is 44.2 Å². The van der Waals surface area contributed by atoms with E-state index >= 15 is 0 Å². The molecule has 1 aromatic heterocycles. The molecule has 126 valence electrons. The van der Waals surface area contributed by atoms with Crippen molar-refractivity contribution in [1.29, 1.82) is 0 Å². The van der Waals surface area contributed by atoms with E-state index in [4.69, 9.17) is 10.3 Å². The van der Waals surface area contributed by atoms with Crippen molar-refractivity contribution in [3.8, 4) is 0 Å². The number of halogens is 1. The van der Waals surface area contributed by atoms with E-state index in [9.17, 15) is 4.79 Å². The van der Waals surface area contributed by atoms with Crippen LogP contribution in [0.25, 0.3) is 0 Å². The van der Waals surface area contributed by atoms with Crippen LogP contribution in [0.4, 0.5) is 0 Å². The average molecular weight is 339 g/mol. The third-order valence-electron chi connectivity index (χ3n) is 3.36. The van der Waals surface area contributed by atoms with Crippen LogP contribution in [0, 0.1) is 0 Å². The summed E-state index contributed by atoms with van der Waals surface area (Å²) < 4.78 is 5.24.